The van der Waals surface area contributed by atoms with Gasteiger partial charge in [0.2, 0.25) is 0 Å². The second-order valence-electron chi connectivity index (χ2n) is 2.95. The third-order valence-electron chi connectivity index (χ3n) is 1.45. The molecule has 1 rings (SSSR count). The van der Waals surface area contributed by atoms with Crippen LogP contribution in [0.1, 0.15) is 0 Å². The SMILES string of the molecule is CN(C)C(=O)Sc1cc(S)cc(S)c1. The van der Waals surface area contributed by atoms with Crippen molar-refractivity contribution in [3.63, 3.8) is 0 Å². The Morgan fingerprint density at radius 2 is 1.71 bits per heavy atom. The first-order valence-corrected chi connectivity index (χ1v) is 5.62. The minimum Gasteiger partial charge on any atom is -0.339 e. The standard InChI is InChI=1S/C9H11NOS3/c1-10(2)9(11)14-8-4-6(12)3-7(13)5-8/h3-5,12-13H,1-2H3. The van der Waals surface area contributed by atoms with E-state index in [9.17, 15) is 4.79 Å². The third-order valence-corrected chi connectivity index (χ3v) is 2.97. The quantitative estimate of drug-likeness (QED) is 0.586. The average molecular weight is 245 g/mol. The Bertz CT molecular complexity index is 332. The van der Waals surface area contributed by atoms with Crippen molar-refractivity contribution in [2.24, 2.45) is 0 Å². The maximum Gasteiger partial charge on any atom is 0.285 e. The lowest BCUT2D eigenvalue weighted by atomic mass is 10.4. The predicted molar refractivity (Wildman–Crippen MR) is 65.9 cm³/mol. The van der Waals surface area contributed by atoms with Crippen LogP contribution in [-0.4, -0.2) is 24.2 Å². The normalized spacial score (nSPS) is 10.0. The highest BCUT2D eigenvalue weighted by atomic mass is 32.2. The minimum atomic E-state index is -0.00309. The largest absolute Gasteiger partial charge is 0.339 e. The second kappa shape index (κ2) is 5.00. The van der Waals surface area contributed by atoms with Gasteiger partial charge in [-0.2, -0.15) is 0 Å². The molecular weight excluding hydrogens is 234 g/mol. The molecule has 1 aromatic carbocycles. The van der Waals surface area contributed by atoms with Crippen LogP contribution in [0.2, 0.25) is 0 Å². The van der Waals surface area contributed by atoms with Crippen LogP contribution >= 0.6 is 37.0 Å². The minimum absolute atomic E-state index is 0.00309. The summed E-state index contributed by atoms with van der Waals surface area (Å²) in [5, 5.41) is -0.00309. The lowest BCUT2D eigenvalue weighted by molar-refractivity contribution is 0.241. The zero-order valence-electron chi connectivity index (χ0n) is 7.89. The van der Waals surface area contributed by atoms with E-state index in [-0.39, 0.29) is 5.24 Å². The van der Waals surface area contributed by atoms with Crippen molar-refractivity contribution in [1.82, 2.24) is 4.90 Å². The van der Waals surface area contributed by atoms with Crippen LogP contribution in [0.4, 0.5) is 4.79 Å². The number of thioether (sulfide) groups is 1. The van der Waals surface area contributed by atoms with E-state index in [0.29, 0.717) is 0 Å². The summed E-state index contributed by atoms with van der Waals surface area (Å²) < 4.78 is 0. The number of benzene rings is 1. The van der Waals surface area contributed by atoms with Gasteiger partial charge >= 0.3 is 0 Å². The van der Waals surface area contributed by atoms with Gasteiger partial charge in [0.1, 0.15) is 0 Å². The summed E-state index contributed by atoms with van der Waals surface area (Å²) in [5.41, 5.74) is 0. The topological polar surface area (TPSA) is 20.3 Å². The molecule has 0 N–H and O–H groups in total. The smallest absolute Gasteiger partial charge is 0.285 e. The number of thiol groups is 2. The zero-order chi connectivity index (χ0) is 10.7. The van der Waals surface area contributed by atoms with Gasteiger partial charge in [0.05, 0.1) is 0 Å². The predicted octanol–water partition coefficient (Wildman–Crippen LogP) is 3.04. The van der Waals surface area contributed by atoms with E-state index < -0.39 is 0 Å². The molecule has 0 aliphatic rings. The van der Waals surface area contributed by atoms with Gasteiger partial charge in [-0.1, -0.05) is 0 Å². The van der Waals surface area contributed by atoms with Gasteiger partial charge in [-0.05, 0) is 30.0 Å². The Hall–Kier alpha value is -0.260. The molecule has 0 radical (unpaired) electrons. The zero-order valence-corrected chi connectivity index (χ0v) is 10.5. The second-order valence-corrected chi connectivity index (χ2v) is 5.01. The van der Waals surface area contributed by atoms with Gasteiger partial charge in [-0.3, -0.25) is 4.79 Å². The summed E-state index contributed by atoms with van der Waals surface area (Å²) in [4.78, 5) is 15.4. The number of rotatable bonds is 1. The molecule has 2 nitrogen and oxygen atoms in total. The van der Waals surface area contributed by atoms with Crippen molar-refractivity contribution in [3.05, 3.63) is 18.2 Å². The molecule has 1 aromatic rings. The Morgan fingerprint density at radius 1 is 1.21 bits per heavy atom. The van der Waals surface area contributed by atoms with Gasteiger partial charge in [-0.15, -0.1) is 25.3 Å². The lowest BCUT2D eigenvalue weighted by Crippen LogP contribution is -2.15. The van der Waals surface area contributed by atoms with Gasteiger partial charge in [0.25, 0.3) is 5.24 Å². The molecule has 0 saturated heterocycles. The number of nitrogens with zero attached hydrogens (tertiary/aromatic N) is 1. The molecule has 0 heterocycles. The van der Waals surface area contributed by atoms with E-state index in [1.54, 1.807) is 14.1 Å². The Labute approximate surface area is 98.9 Å². The van der Waals surface area contributed by atoms with E-state index in [4.69, 9.17) is 0 Å². The number of carbonyl (C=O) groups is 1. The van der Waals surface area contributed by atoms with Gasteiger partial charge in [0, 0.05) is 28.8 Å². The van der Waals surface area contributed by atoms with Crippen molar-refractivity contribution in [2.75, 3.05) is 14.1 Å². The van der Waals surface area contributed by atoms with Crippen LogP contribution < -0.4 is 0 Å². The highest BCUT2D eigenvalue weighted by Gasteiger charge is 2.07. The summed E-state index contributed by atoms with van der Waals surface area (Å²) in [5.74, 6) is 0. The van der Waals surface area contributed by atoms with Gasteiger partial charge < -0.3 is 4.90 Å². The molecule has 5 heteroatoms. The van der Waals surface area contributed by atoms with Crippen LogP contribution in [0.25, 0.3) is 0 Å². The van der Waals surface area contributed by atoms with E-state index in [1.807, 2.05) is 18.2 Å². The number of hydrogen-bond donors (Lipinski definition) is 2. The van der Waals surface area contributed by atoms with E-state index in [0.717, 1.165) is 14.7 Å². The Morgan fingerprint density at radius 3 is 2.14 bits per heavy atom. The molecule has 0 aliphatic carbocycles. The molecule has 0 bridgehead atoms. The average Bonchev–Trinajstić information content (AvgIpc) is 2.01. The Kier molecular flexibility index (Phi) is 4.22. The lowest BCUT2D eigenvalue weighted by Gasteiger charge is -2.09. The van der Waals surface area contributed by atoms with Crippen LogP contribution in [-0.2, 0) is 0 Å². The monoisotopic (exact) mass is 245 g/mol. The first-order chi connectivity index (χ1) is 6.49. The van der Waals surface area contributed by atoms with Crippen molar-refractivity contribution in [3.8, 4) is 0 Å². The van der Waals surface area contributed by atoms with Gasteiger partial charge in [-0.25, -0.2) is 0 Å². The summed E-state index contributed by atoms with van der Waals surface area (Å²) in [6, 6.07) is 5.51. The molecule has 0 unspecified atom stereocenters. The fourth-order valence-corrected chi connectivity index (χ4v) is 2.41. The molecule has 0 aromatic heterocycles. The van der Waals surface area contributed by atoms with Crippen LogP contribution in [0.3, 0.4) is 0 Å². The molecule has 0 saturated carbocycles. The van der Waals surface area contributed by atoms with E-state index in [2.05, 4.69) is 25.3 Å². The van der Waals surface area contributed by atoms with Crippen LogP contribution in [0, 0.1) is 0 Å². The molecule has 0 aliphatic heterocycles. The fraction of sp³-hybridized carbons (Fsp3) is 0.222. The van der Waals surface area contributed by atoms with Crippen molar-refractivity contribution < 1.29 is 4.79 Å². The maximum atomic E-state index is 11.4. The summed E-state index contributed by atoms with van der Waals surface area (Å²) >= 11 is 9.59. The van der Waals surface area contributed by atoms with Crippen LogP contribution in [0.15, 0.2) is 32.9 Å². The van der Waals surface area contributed by atoms with Gasteiger partial charge in [0.15, 0.2) is 0 Å². The summed E-state index contributed by atoms with van der Waals surface area (Å²) in [6.45, 7) is 0. The van der Waals surface area contributed by atoms with Crippen molar-refractivity contribution in [1.29, 1.82) is 0 Å². The first-order valence-electron chi connectivity index (χ1n) is 3.91. The first kappa shape index (κ1) is 11.8. The number of carbonyl (C=O) groups excluding carboxylic acids is 1. The molecule has 0 spiro atoms. The van der Waals surface area contributed by atoms with Crippen LogP contribution in [0.5, 0.6) is 0 Å². The highest BCUT2D eigenvalue weighted by Crippen LogP contribution is 2.26. The number of hydrogen-bond acceptors (Lipinski definition) is 4. The molecule has 1 amide bonds. The van der Waals surface area contributed by atoms with E-state index in [1.165, 1.54) is 16.7 Å². The number of amides is 1. The molecule has 14 heavy (non-hydrogen) atoms. The summed E-state index contributed by atoms with van der Waals surface area (Å²) in [7, 11) is 3.45. The Balaban J connectivity index is 2.82. The molecule has 0 fully saturated rings. The fourth-order valence-electron chi connectivity index (χ4n) is 0.819. The van der Waals surface area contributed by atoms with E-state index >= 15 is 0 Å². The summed E-state index contributed by atoms with van der Waals surface area (Å²) in [6.07, 6.45) is 0. The molecule has 76 valence electrons. The molecular formula is C9H11NOS3. The maximum absolute atomic E-state index is 11.4. The highest BCUT2D eigenvalue weighted by molar-refractivity contribution is 8.13. The van der Waals surface area contributed by atoms with Crippen molar-refractivity contribution in [2.45, 2.75) is 14.7 Å². The molecule has 0 atom stereocenters. The van der Waals surface area contributed by atoms with Crippen molar-refractivity contribution >= 4 is 42.3 Å². The third kappa shape index (κ3) is 3.48.